The first-order valence-electron chi connectivity index (χ1n) is 4.98. The molecular formula is C11H14F3NO. The molecule has 5 heteroatoms. The molecule has 0 bridgehead atoms. The fourth-order valence-corrected chi connectivity index (χ4v) is 1.32. The summed E-state index contributed by atoms with van der Waals surface area (Å²) in [7, 11) is 0. The molecule has 1 atom stereocenters. The van der Waals surface area contributed by atoms with Gasteiger partial charge >= 0.3 is 6.36 Å². The summed E-state index contributed by atoms with van der Waals surface area (Å²) in [6.07, 6.45) is -3.55. The van der Waals surface area contributed by atoms with Crippen molar-refractivity contribution in [1.29, 1.82) is 0 Å². The van der Waals surface area contributed by atoms with E-state index < -0.39 is 6.36 Å². The van der Waals surface area contributed by atoms with Crippen LogP contribution in [-0.4, -0.2) is 12.4 Å². The van der Waals surface area contributed by atoms with E-state index in [9.17, 15) is 13.2 Å². The summed E-state index contributed by atoms with van der Waals surface area (Å²) in [5.41, 5.74) is 6.08. The second kappa shape index (κ2) is 5.21. The van der Waals surface area contributed by atoms with Gasteiger partial charge in [0.25, 0.3) is 0 Å². The van der Waals surface area contributed by atoms with Crippen molar-refractivity contribution in [1.82, 2.24) is 0 Å². The van der Waals surface area contributed by atoms with Crippen LogP contribution in [-0.2, 0) is 6.42 Å². The number of aryl methyl sites for hydroxylation is 1. The number of ether oxygens (including phenoxy) is 1. The molecule has 0 aliphatic rings. The van der Waals surface area contributed by atoms with Crippen LogP contribution in [0, 0.1) is 0 Å². The van der Waals surface area contributed by atoms with Crippen molar-refractivity contribution in [3.8, 4) is 5.75 Å². The van der Waals surface area contributed by atoms with Gasteiger partial charge in [-0.2, -0.15) is 0 Å². The van der Waals surface area contributed by atoms with Crippen molar-refractivity contribution in [2.75, 3.05) is 0 Å². The molecule has 0 spiro atoms. The molecule has 0 radical (unpaired) electrons. The summed E-state index contributed by atoms with van der Waals surface area (Å²) in [5.74, 6) is -0.143. The Morgan fingerprint density at radius 3 is 2.50 bits per heavy atom. The fraction of sp³-hybridized carbons (Fsp3) is 0.455. The van der Waals surface area contributed by atoms with Crippen LogP contribution in [0.4, 0.5) is 13.2 Å². The zero-order valence-corrected chi connectivity index (χ0v) is 8.92. The third kappa shape index (κ3) is 4.53. The van der Waals surface area contributed by atoms with Gasteiger partial charge in [-0.15, -0.1) is 13.2 Å². The SMILES string of the molecule is CC(N)CCc1ccccc1OC(F)(F)F. The lowest BCUT2D eigenvalue weighted by Crippen LogP contribution is -2.19. The Kier molecular flexibility index (Phi) is 4.18. The maximum Gasteiger partial charge on any atom is 0.573 e. The monoisotopic (exact) mass is 233 g/mol. The van der Waals surface area contributed by atoms with Gasteiger partial charge in [0.05, 0.1) is 0 Å². The lowest BCUT2D eigenvalue weighted by molar-refractivity contribution is -0.274. The van der Waals surface area contributed by atoms with Crippen molar-refractivity contribution in [2.45, 2.75) is 32.2 Å². The van der Waals surface area contributed by atoms with E-state index in [4.69, 9.17) is 5.73 Å². The minimum atomic E-state index is -4.65. The summed E-state index contributed by atoms with van der Waals surface area (Å²) in [6.45, 7) is 1.81. The second-order valence-electron chi connectivity index (χ2n) is 3.67. The predicted octanol–water partition coefficient (Wildman–Crippen LogP) is 2.87. The van der Waals surface area contributed by atoms with Crippen LogP contribution in [0.3, 0.4) is 0 Å². The van der Waals surface area contributed by atoms with Gasteiger partial charge in [-0.3, -0.25) is 0 Å². The average molecular weight is 233 g/mol. The molecule has 1 aromatic rings. The molecule has 1 rings (SSSR count). The molecule has 0 fully saturated rings. The van der Waals surface area contributed by atoms with Crippen molar-refractivity contribution in [3.05, 3.63) is 29.8 Å². The normalized spacial score (nSPS) is 13.6. The molecular weight excluding hydrogens is 219 g/mol. The van der Waals surface area contributed by atoms with E-state index in [1.165, 1.54) is 12.1 Å². The Bertz CT molecular complexity index is 336. The Labute approximate surface area is 92.2 Å². The summed E-state index contributed by atoms with van der Waals surface area (Å²) in [6, 6.07) is 6.07. The van der Waals surface area contributed by atoms with E-state index in [1.807, 2.05) is 6.92 Å². The maximum absolute atomic E-state index is 12.1. The summed E-state index contributed by atoms with van der Waals surface area (Å²) >= 11 is 0. The van der Waals surface area contributed by atoms with E-state index in [2.05, 4.69) is 4.74 Å². The first kappa shape index (κ1) is 12.8. The van der Waals surface area contributed by atoms with E-state index in [0.29, 0.717) is 18.4 Å². The third-order valence-corrected chi connectivity index (χ3v) is 2.07. The molecule has 16 heavy (non-hydrogen) atoms. The number of hydrogen-bond acceptors (Lipinski definition) is 2. The zero-order chi connectivity index (χ0) is 12.2. The van der Waals surface area contributed by atoms with Gasteiger partial charge in [0.1, 0.15) is 5.75 Å². The summed E-state index contributed by atoms with van der Waals surface area (Å²) in [5, 5.41) is 0. The molecule has 0 saturated heterocycles. The second-order valence-corrected chi connectivity index (χ2v) is 3.67. The number of alkyl halides is 3. The highest BCUT2D eigenvalue weighted by atomic mass is 19.4. The molecule has 0 amide bonds. The minimum Gasteiger partial charge on any atom is -0.406 e. The molecule has 2 N–H and O–H groups in total. The number of nitrogens with two attached hydrogens (primary N) is 1. The van der Waals surface area contributed by atoms with Crippen LogP contribution in [0.2, 0.25) is 0 Å². The number of rotatable bonds is 4. The maximum atomic E-state index is 12.1. The number of hydrogen-bond donors (Lipinski definition) is 1. The molecule has 2 nitrogen and oxygen atoms in total. The van der Waals surface area contributed by atoms with E-state index in [1.54, 1.807) is 12.1 Å². The first-order valence-corrected chi connectivity index (χ1v) is 4.98. The summed E-state index contributed by atoms with van der Waals surface area (Å²) in [4.78, 5) is 0. The van der Waals surface area contributed by atoms with Gasteiger partial charge in [-0.1, -0.05) is 18.2 Å². The highest BCUT2D eigenvalue weighted by Crippen LogP contribution is 2.27. The smallest absolute Gasteiger partial charge is 0.406 e. The van der Waals surface area contributed by atoms with Gasteiger partial charge in [-0.05, 0) is 31.4 Å². The molecule has 1 unspecified atom stereocenters. The van der Waals surface area contributed by atoms with Crippen LogP contribution in [0.25, 0.3) is 0 Å². The van der Waals surface area contributed by atoms with E-state index in [0.717, 1.165) is 0 Å². The first-order chi connectivity index (χ1) is 7.38. The standard InChI is InChI=1S/C11H14F3NO/c1-8(15)6-7-9-4-2-3-5-10(9)16-11(12,13)14/h2-5,8H,6-7,15H2,1H3. The Balaban J connectivity index is 2.75. The Hall–Kier alpha value is -1.23. The molecule has 1 aromatic carbocycles. The lowest BCUT2D eigenvalue weighted by atomic mass is 10.1. The highest BCUT2D eigenvalue weighted by Gasteiger charge is 2.31. The molecule has 0 aromatic heterocycles. The molecule has 0 aliphatic heterocycles. The van der Waals surface area contributed by atoms with Crippen molar-refractivity contribution in [3.63, 3.8) is 0 Å². The molecule has 0 heterocycles. The van der Waals surface area contributed by atoms with Crippen LogP contribution in [0.15, 0.2) is 24.3 Å². The van der Waals surface area contributed by atoms with Gasteiger partial charge in [0.2, 0.25) is 0 Å². The topological polar surface area (TPSA) is 35.2 Å². The predicted molar refractivity (Wildman–Crippen MR) is 55.1 cm³/mol. The quantitative estimate of drug-likeness (QED) is 0.867. The molecule has 0 aliphatic carbocycles. The van der Waals surface area contributed by atoms with E-state index in [-0.39, 0.29) is 11.8 Å². The van der Waals surface area contributed by atoms with Crippen LogP contribution < -0.4 is 10.5 Å². The van der Waals surface area contributed by atoms with Crippen molar-refractivity contribution >= 4 is 0 Å². The van der Waals surface area contributed by atoms with Crippen molar-refractivity contribution in [2.24, 2.45) is 5.73 Å². The van der Waals surface area contributed by atoms with Gasteiger partial charge in [-0.25, -0.2) is 0 Å². The number of benzene rings is 1. The van der Waals surface area contributed by atoms with Gasteiger partial charge in [0, 0.05) is 6.04 Å². The lowest BCUT2D eigenvalue weighted by Gasteiger charge is -2.13. The molecule has 0 saturated carbocycles. The van der Waals surface area contributed by atoms with Gasteiger partial charge in [0.15, 0.2) is 0 Å². The van der Waals surface area contributed by atoms with Crippen LogP contribution in [0.1, 0.15) is 18.9 Å². The third-order valence-electron chi connectivity index (χ3n) is 2.07. The number of para-hydroxylation sites is 1. The average Bonchev–Trinajstić information content (AvgIpc) is 2.14. The minimum absolute atomic E-state index is 0.0426. The highest BCUT2D eigenvalue weighted by molar-refractivity contribution is 5.33. The van der Waals surface area contributed by atoms with Crippen LogP contribution >= 0.6 is 0 Å². The fourth-order valence-electron chi connectivity index (χ4n) is 1.32. The Morgan fingerprint density at radius 1 is 1.31 bits per heavy atom. The summed E-state index contributed by atoms with van der Waals surface area (Å²) < 4.78 is 40.1. The van der Waals surface area contributed by atoms with Crippen LogP contribution in [0.5, 0.6) is 5.75 Å². The zero-order valence-electron chi connectivity index (χ0n) is 8.92. The van der Waals surface area contributed by atoms with Gasteiger partial charge < -0.3 is 10.5 Å². The Morgan fingerprint density at radius 2 is 1.94 bits per heavy atom. The number of halogens is 3. The van der Waals surface area contributed by atoms with E-state index >= 15 is 0 Å². The molecule has 90 valence electrons. The largest absolute Gasteiger partial charge is 0.573 e. The van der Waals surface area contributed by atoms with Crippen molar-refractivity contribution < 1.29 is 17.9 Å².